The number of esters is 2. The van der Waals surface area contributed by atoms with Crippen LogP contribution in [0.5, 0.6) is 0 Å². The molecule has 0 bridgehead atoms. The van der Waals surface area contributed by atoms with Crippen molar-refractivity contribution in [1.82, 2.24) is 0 Å². The molecule has 98 valence electrons. The van der Waals surface area contributed by atoms with Crippen molar-refractivity contribution >= 4 is 11.9 Å². The van der Waals surface area contributed by atoms with Gasteiger partial charge in [0.2, 0.25) is 0 Å². The minimum atomic E-state index is -1.24. The molecule has 17 heavy (non-hydrogen) atoms. The van der Waals surface area contributed by atoms with Crippen LogP contribution in [0.4, 0.5) is 0 Å². The maximum absolute atomic E-state index is 12.0. The normalized spacial score (nSPS) is 10.8. The molecule has 0 atom stereocenters. The predicted molar refractivity (Wildman–Crippen MR) is 65.4 cm³/mol. The molecule has 0 fully saturated rings. The van der Waals surface area contributed by atoms with Crippen LogP contribution in [0.2, 0.25) is 0 Å². The van der Waals surface area contributed by atoms with Crippen LogP contribution in [0, 0.1) is 5.41 Å². The van der Waals surface area contributed by atoms with E-state index in [-0.39, 0.29) is 19.6 Å². The Balaban J connectivity index is 5.19. The predicted octanol–water partition coefficient (Wildman–Crippen LogP) is 2.48. The number of rotatable bonds is 7. The van der Waals surface area contributed by atoms with E-state index in [1.165, 1.54) is 0 Å². The molecule has 0 saturated carbocycles. The molecule has 0 aromatic carbocycles. The Kier molecular flexibility index (Phi) is 6.54. The van der Waals surface area contributed by atoms with Crippen molar-refractivity contribution in [3.05, 3.63) is 12.2 Å². The van der Waals surface area contributed by atoms with E-state index in [0.29, 0.717) is 6.42 Å². The van der Waals surface area contributed by atoms with Crippen LogP contribution in [-0.2, 0) is 19.1 Å². The van der Waals surface area contributed by atoms with E-state index in [1.807, 2.05) is 0 Å². The largest absolute Gasteiger partial charge is 0.465 e. The Labute approximate surface area is 103 Å². The van der Waals surface area contributed by atoms with Crippen molar-refractivity contribution in [3.8, 4) is 0 Å². The number of allylic oxidation sites excluding steroid dienone is 1. The summed E-state index contributed by atoms with van der Waals surface area (Å²) in [6.07, 6.45) is 0.610. The molecular formula is C13H22O4. The molecule has 0 unspecified atom stereocenters. The van der Waals surface area contributed by atoms with Crippen molar-refractivity contribution < 1.29 is 19.1 Å². The van der Waals surface area contributed by atoms with Gasteiger partial charge in [0.25, 0.3) is 0 Å². The molecule has 0 spiro atoms. The molecule has 0 heterocycles. The summed E-state index contributed by atoms with van der Waals surface area (Å²) in [4.78, 5) is 24.0. The van der Waals surface area contributed by atoms with E-state index >= 15 is 0 Å². The van der Waals surface area contributed by atoms with Crippen LogP contribution in [0.25, 0.3) is 0 Å². The summed E-state index contributed by atoms with van der Waals surface area (Å²) in [5, 5.41) is 0. The number of hydrogen-bond acceptors (Lipinski definition) is 4. The summed E-state index contributed by atoms with van der Waals surface area (Å²) >= 11 is 0. The highest BCUT2D eigenvalue weighted by Crippen LogP contribution is 2.33. The van der Waals surface area contributed by atoms with Crippen molar-refractivity contribution in [3.63, 3.8) is 0 Å². The highest BCUT2D eigenvalue weighted by Gasteiger charge is 2.47. The SMILES string of the molecule is C=C(C)CC(CC)(C(=O)OCC)C(=O)OCC. The van der Waals surface area contributed by atoms with Gasteiger partial charge in [0.15, 0.2) is 5.41 Å². The number of carbonyl (C=O) groups is 2. The van der Waals surface area contributed by atoms with Crippen molar-refractivity contribution in [2.75, 3.05) is 13.2 Å². The first-order valence-corrected chi connectivity index (χ1v) is 5.93. The van der Waals surface area contributed by atoms with E-state index in [9.17, 15) is 9.59 Å². The molecule has 0 aliphatic carbocycles. The first-order chi connectivity index (χ1) is 7.94. The lowest BCUT2D eigenvalue weighted by molar-refractivity contribution is -0.172. The second-order valence-electron chi connectivity index (χ2n) is 4.01. The fourth-order valence-electron chi connectivity index (χ4n) is 1.69. The smallest absolute Gasteiger partial charge is 0.323 e. The lowest BCUT2D eigenvalue weighted by atomic mass is 9.79. The van der Waals surface area contributed by atoms with Gasteiger partial charge in [0.05, 0.1) is 13.2 Å². The first kappa shape index (κ1) is 15.7. The Morgan fingerprint density at radius 2 is 1.47 bits per heavy atom. The molecule has 0 aliphatic rings. The quantitative estimate of drug-likeness (QED) is 0.391. The van der Waals surface area contributed by atoms with Gasteiger partial charge in [-0.25, -0.2) is 0 Å². The van der Waals surface area contributed by atoms with Gasteiger partial charge in [0.1, 0.15) is 0 Å². The maximum Gasteiger partial charge on any atom is 0.323 e. The second kappa shape index (κ2) is 7.09. The van der Waals surface area contributed by atoms with Crippen LogP contribution in [0.1, 0.15) is 40.5 Å². The lowest BCUT2D eigenvalue weighted by Crippen LogP contribution is -2.41. The standard InChI is InChI=1S/C13H22O4/c1-6-13(9-10(4)5,11(14)16-7-2)12(15)17-8-3/h4,6-9H2,1-3,5H3. The average molecular weight is 242 g/mol. The molecule has 0 aromatic heterocycles. The van der Waals surface area contributed by atoms with E-state index < -0.39 is 17.4 Å². The monoisotopic (exact) mass is 242 g/mol. The Bertz CT molecular complexity index is 276. The van der Waals surface area contributed by atoms with Crippen molar-refractivity contribution in [2.24, 2.45) is 5.41 Å². The van der Waals surface area contributed by atoms with E-state index in [1.54, 1.807) is 27.7 Å². The molecule has 0 saturated heterocycles. The van der Waals surface area contributed by atoms with Crippen LogP contribution in [-0.4, -0.2) is 25.2 Å². The summed E-state index contributed by atoms with van der Waals surface area (Å²) in [6.45, 7) is 11.2. The fourth-order valence-corrected chi connectivity index (χ4v) is 1.69. The lowest BCUT2D eigenvalue weighted by Gasteiger charge is -2.27. The highest BCUT2D eigenvalue weighted by molar-refractivity contribution is 6.00. The van der Waals surface area contributed by atoms with Crippen LogP contribution in [0.3, 0.4) is 0 Å². The van der Waals surface area contributed by atoms with Gasteiger partial charge >= 0.3 is 11.9 Å². The van der Waals surface area contributed by atoms with E-state index in [4.69, 9.17) is 9.47 Å². The third kappa shape index (κ3) is 3.88. The van der Waals surface area contributed by atoms with Gasteiger partial charge in [0, 0.05) is 0 Å². The van der Waals surface area contributed by atoms with Crippen LogP contribution < -0.4 is 0 Å². The van der Waals surface area contributed by atoms with E-state index in [2.05, 4.69) is 6.58 Å². The summed E-state index contributed by atoms with van der Waals surface area (Å²) < 4.78 is 9.97. The van der Waals surface area contributed by atoms with Crippen LogP contribution in [0.15, 0.2) is 12.2 Å². The van der Waals surface area contributed by atoms with Gasteiger partial charge in [-0.3, -0.25) is 9.59 Å². The summed E-state index contributed by atoms with van der Waals surface area (Å²) in [7, 11) is 0. The summed E-state index contributed by atoms with van der Waals surface area (Å²) in [6, 6.07) is 0. The first-order valence-electron chi connectivity index (χ1n) is 5.93. The molecule has 0 aromatic rings. The molecule has 4 heteroatoms. The third-order valence-corrected chi connectivity index (χ3v) is 2.54. The number of hydrogen-bond donors (Lipinski definition) is 0. The molecule has 0 radical (unpaired) electrons. The Hall–Kier alpha value is -1.32. The van der Waals surface area contributed by atoms with Crippen LogP contribution >= 0.6 is 0 Å². The molecule has 0 amide bonds. The fraction of sp³-hybridized carbons (Fsp3) is 0.692. The Morgan fingerprint density at radius 1 is 1.06 bits per heavy atom. The molecule has 0 N–H and O–H groups in total. The zero-order valence-corrected chi connectivity index (χ0v) is 11.2. The van der Waals surface area contributed by atoms with Gasteiger partial charge in [-0.1, -0.05) is 12.5 Å². The zero-order valence-electron chi connectivity index (χ0n) is 11.2. The van der Waals surface area contributed by atoms with Gasteiger partial charge in [-0.15, -0.1) is 6.58 Å². The maximum atomic E-state index is 12.0. The molecule has 4 nitrogen and oxygen atoms in total. The zero-order chi connectivity index (χ0) is 13.5. The van der Waals surface area contributed by atoms with Gasteiger partial charge in [-0.2, -0.15) is 0 Å². The van der Waals surface area contributed by atoms with Crippen molar-refractivity contribution in [2.45, 2.75) is 40.5 Å². The minimum absolute atomic E-state index is 0.246. The van der Waals surface area contributed by atoms with Gasteiger partial charge in [-0.05, 0) is 33.6 Å². The molecule has 0 aliphatic heterocycles. The van der Waals surface area contributed by atoms with Gasteiger partial charge < -0.3 is 9.47 Å². The number of carbonyl (C=O) groups excluding carboxylic acids is 2. The summed E-state index contributed by atoms with van der Waals surface area (Å²) in [5.41, 5.74) is -0.481. The molecular weight excluding hydrogens is 220 g/mol. The summed E-state index contributed by atoms with van der Waals surface area (Å²) in [5.74, 6) is -1.05. The highest BCUT2D eigenvalue weighted by atomic mass is 16.6. The second-order valence-corrected chi connectivity index (χ2v) is 4.01. The molecule has 0 rings (SSSR count). The topological polar surface area (TPSA) is 52.6 Å². The van der Waals surface area contributed by atoms with E-state index in [0.717, 1.165) is 5.57 Å². The van der Waals surface area contributed by atoms with Crippen molar-refractivity contribution in [1.29, 1.82) is 0 Å². The number of ether oxygens (including phenoxy) is 2. The third-order valence-electron chi connectivity index (χ3n) is 2.54. The minimum Gasteiger partial charge on any atom is -0.465 e. The average Bonchev–Trinajstić information content (AvgIpc) is 2.26. The Morgan fingerprint density at radius 3 is 1.71 bits per heavy atom.